The van der Waals surface area contributed by atoms with E-state index < -0.39 is 46.0 Å². The molecular weight excluding hydrogens is 562 g/mol. The number of alkyl halides is 1. The first-order valence-corrected chi connectivity index (χ1v) is 14.3. The van der Waals surface area contributed by atoms with Gasteiger partial charge < -0.3 is 19.5 Å². The number of carboxylic acid groups (broad SMARTS) is 1. The van der Waals surface area contributed by atoms with Crippen LogP contribution in [0.25, 0.3) is 10.9 Å². The lowest BCUT2D eigenvalue weighted by atomic mass is 9.95. The summed E-state index contributed by atoms with van der Waals surface area (Å²) in [5.74, 6) is -2.26. The minimum absolute atomic E-state index is 0.0952. The second-order valence-electron chi connectivity index (χ2n) is 12.5. The van der Waals surface area contributed by atoms with Gasteiger partial charge in [-0.3, -0.25) is 9.80 Å². The van der Waals surface area contributed by atoms with Crippen LogP contribution in [-0.2, 0) is 4.74 Å². The van der Waals surface area contributed by atoms with E-state index in [-0.39, 0.29) is 41.4 Å². The average Bonchev–Trinajstić information content (AvgIpc) is 3.50. The first kappa shape index (κ1) is 28.1. The van der Waals surface area contributed by atoms with Gasteiger partial charge in [-0.2, -0.15) is 9.97 Å². The average molecular weight is 595 g/mol. The predicted molar refractivity (Wildman–Crippen MR) is 145 cm³/mol. The van der Waals surface area contributed by atoms with E-state index in [1.165, 1.54) is 0 Å². The molecule has 222 valence electrons. The van der Waals surface area contributed by atoms with Crippen LogP contribution in [-0.4, -0.2) is 104 Å². The number of aromatic nitrogens is 3. The van der Waals surface area contributed by atoms with Gasteiger partial charge in [-0.05, 0) is 53.0 Å². The molecule has 4 aliphatic rings. The van der Waals surface area contributed by atoms with Gasteiger partial charge in [-0.15, -0.1) is 0 Å². The van der Waals surface area contributed by atoms with Crippen molar-refractivity contribution < 1.29 is 33.0 Å². The zero-order valence-electron chi connectivity index (χ0n) is 23.2. The molecule has 0 radical (unpaired) electrons. The molecule has 2 unspecified atom stereocenters. The molecule has 6 rings (SSSR count). The van der Waals surface area contributed by atoms with Gasteiger partial charge >= 0.3 is 18.1 Å². The van der Waals surface area contributed by atoms with Crippen LogP contribution >= 0.6 is 11.6 Å². The third-order valence-corrected chi connectivity index (χ3v) is 8.78. The summed E-state index contributed by atoms with van der Waals surface area (Å²) in [5, 5.41) is 9.22. The normalized spacial score (nSPS) is 27.9. The maximum atomic E-state index is 15.4. The number of fused-ring (bicyclic) bond motifs is 4. The minimum Gasteiger partial charge on any atom is -0.476 e. The predicted octanol–water partition coefficient (Wildman–Crippen LogP) is 4.06. The van der Waals surface area contributed by atoms with E-state index in [4.69, 9.17) is 21.1 Å². The van der Waals surface area contributed by atoms with Crippen LogP contribution in [0.1, 0.15) is 63.4 Å². The molecule has 1 amide bonds. The van der Waals surface area contributed by atoms with Gasteiger partial charge in [0.2, 0.25) is 0 Å². The lowest BCUT2D eigenvalue weighted by Gasteiger charge is -2.42. The van der Waals surface area contributed by atoms with E-state index in [0.29, 0.717) is 26.1 Å². The second kappa shape index (κ2) is 10.0. The Balaban J connectivity index is 1.37. The second-order valence-corrected chi connectivity index (χ2v) is 12.8. The standard InChI is InChI=1S/C27H33ClF2N6O5/c1-26(2,3)41-25(39)36-15-5-6-16(36)12-34(11-15)22-17-19(18(30)21(28)31-20(17)23(37)38)32-24(33-22)40-13-27-7-4-8-35(27)10-14(29)9-27/h14-16H,4-13H2,1-3H3,(H,37,38)/t14-,15?,16?,27+/m1/s1. The third kappa shape index (κ3) is 5.00. The first-order valence-electron chi connectivity index (χ1n) is 13.9. The van der Waals surface area contributed by atoms with E-state index in [1.54, 1.807) is 25.7 Å². The Morgan fingerprint density at radius 3 is 2.51 bits per heavy atom. The monoisotopic (exact) mass is 594 g/mol. The van der Waals surface area contributed by atoms with Gasteiger partial charge in [0.15, 0.2) is 16.7 Å². The lowest BCUT2D eigenvalue weighted by molar-refractivity contribution is 0.0122. The maximum absolute atomic E-state index is 15.4. The molecule has 11 nitrogen and oxygen atoms in total. The smallest absolute Gasteiger partial charge is 0.410 e. The van der Waals surface area contributed by atoms with Gasteiger partial charge in [0.25, 0.3) is 0 Å². The Bertz CT molecular complexity index is 1390. The summed E-state index contributed by atoms with van der Waals surface area (Å²) >= 11 is 5.99. The molecule has 4 aliphatic heterocycles. The van der Waals surface area contributed by atoms with Crippen molar-refractivity contribution >= 4 is 40.4 Å². The highest BCUT2D eigenvalue weighted by atomic mass is 35.5. The maximum Gasteiger partial charge on any atom is 0.410 e. The van der Waals surface area contributed by atoms with Gasteiger partial charge in [0, 0.05) is 26.1 Å². The van der Waals surface area contributed by atoms with Crippen molar-refractivity contribution in [3.63, 3.8) is 0 Å². The van der Waals surface area contributed by atoms with Crippen molar-refractivity contribution in [2.45, 2.75) is 82.3 Å². The molecule has 0 saturated carbocycles. The number of ether oxygens (including phenoxy) is 2. The molecule has 1 N–H and O–H groups in total. The first-order chi connectivity index (χ1) is 19.3. The van der Waals surface area contributed by atoms with Gasteiger partial charge in [-0.25, -0.2) is 23.4 Å². The number of anilines is 1. The Labute approximate surface area is 240 Å². The molecule has 4 fully saturated rings. The van der Waals surface area contributed by atoms with E-state index in [9.17, 15) is 19.1 Å². The summed E-state index contributed by atoms with van der Waals surface area (Å²) in [6.45, 7) is 7.27. The summed E-state index contributed by atoms with van der Waals surface area (Å²) in [7, 11) is 0. The minimum atomic E-state index is -1.41. The lowest BCUT2D eigenvalue weighted by Crippen LogP contribution is -2.57. The Morgan fingerprint density at radius 1 is 1.15 bits per heavy atom. The quantitative estimate of drug-likeness (QED) is 0.507. The molecule has 2 aromatic heterocycles. The molecule has 2 bridgehead atoms. The van der Waals surface area contributed by atoms with Crippen molar-refractivity contribution in [2.75, 3.05) is 37.7 Å². The van der Waals surface area contributed by atoms with Crippen molar-refractivity contribution in [3.05, 3.63) is 16.7 Å². The largest absolute Gasteiger partial charge is 0.476 e. The van der Waals surface area contributed by atoms with Crippen LogP contribution in [0.4, 0.5) is 19.4 Å². The molecule has 14 heteroatoms. The molecule has 6 heterocycles. The number of rotatable bonds is 5. The number of carboxylic acids is 1. The summed E-state index contributed by atoms with van der Waals surface area (Å²) in [4.78, 5) is 43.5. The molecule has 0 aliphatic carbocycles. The highest BCUT2D eigenvalue weighted by Crippen LogP contribution is 2.41. The number of nitrogens with zero attached hydrogens (tertiary/aromatic N) is 6. The van der Waals surface area contributed by atoms with Crippen molar-refractivity contribution in [2.24, 2.45) is 0 Å². The number of halogens is 3. The molecule has 4 atom stereocenters. The number of carbonyl (C=O) groups excluding carboxylic acids is 1. The number of amides is 1. The fourth-order valence-electron chi connectivity index (χ4n) is 6.89. The fraction of sp³-hybridized carbons (Fsp3) is 0.667. The highest BCUT2D eigenvalue weighted by molar-refractivity contribution is 6.30. The van der Waals surface area contributed by atoms with Crippen LogP contribution < -0.4 is 9.64 Å². The highest BCUT2D eigenvalue weighted by Gasteiger charge is 2.50. The number of hydrogen-bond donors (Lipinski definition) is 1. The van der Waals surface area contributed by atoms with Crippen molar-refractivity contribution in [1.82, 2.24) is 24.8 Å². The number of pyridine rings is 1. The molecular formula is C27H33ClF2N6O5. The summed E-state index contributed by atoms with van der Waals surface area (Å²) in [6, 6.07) is -0.597. The van der Waals surface area contributed by atoms with Crippen LogP contribution in [0.2, 0.25) is 5.15 Å². The summed E-state index contributed by atoms with van der Waals surface area (Å²) in [5.41, 5.74) is -1.94. The molecule has 2 aromatic rings. The van der Waals surface area contributed by atoms with Gasteiger partial charge in [0.1, 0.15) is 29.7 Å². The Morgan fingerprint density at radius 2 is 1.85 bits per heavy atom. The van der Waals surface area contributed by atoms with Crippen molar-refractivity contribution in [3.8, 4) is 6.01 Å². The Hall–Kier alpha value is -3.06. The topological polar surface area (TPSA) is 121 Å². The van der Waals surface area contributed by atoms with E-state index >= 15 is 4.39 Å². The zero-order valence-corrected chi connectivity index (χ0v) is 24.0. The Kier molecular flexibility index (Phi) is 6.88. The number of aromatic carboxylic acids is 1. The third-order valence-electron chi connectivity index (χ3n) is 8.52. The van der Waals surface area contributed by atoms with Crippen LogP contribution in [0.3, 0.4) is 0 Å². The molecule has 0 spiro atoms. The molecule has 0 aromatic carbocycles. The van der Waals surface area contributed by atoms with Crippen LogP contribution in [0, 0.1) is 5.82 Å². The van der Waals surface area contributed by atoms with Crippen LogP contribution in [0.15, 0.2) is 0 Å². The number of piperazine rings is 1. The number of carbonyl (C=O) groups is 2. The summed E-state index contributed by atoms with van der Waals surface area (Å²) in [6.07, 6.45) is 2.09. The van der Waals surface area contributed by atoms with E-state index in [2.05, 4.69) is 19.9 Å². The van der Waals surface area contributed by atoms with Crippen LogP contribution in [0.5, 0.6) is 6.01 Å². The fourth-order valence-corrected chi connectivity index (χ4v) is 7.07. The SMILES string of the molecule is CC(C)(C)OC(=O)N1C2CCC1CN(c1nc(OC[C@@]34CCCN3C[C@H](F)C4)nc3c(F)c(Cl)nc(C(=O)O)c13)C2. The van der Waals surface area contributed by atoms with Gasteiger partial charge in [-0.1, -0.05) is 11.6 Å². The van der Waals surface area contributed by atoms with E-state index in [0.717, 1.165) is 32.2 Å². The van der Waals surface area contributed by atoms with E-state index in [1.807, 2.05) is 4.90 Å². The molecule has 4 saturated heterocycles. The molecule has 41 heavy (non-hydrogen) atoms. The number of hydrogen-bond acceptors (Lipinski definition) is 9. The zero-order chi connectivity index (χ0) is 29.3. The van der Waals surface area contributed by atoms with Crippen molar-refractivity contribution in [1.29, 1.82) is 0 Å². The summed E-state index contributed by atoms with van der Waals surface area (Å²) < 4.78 is 41.4. The van der Waals surface area contributed by atoms with Gasteiger partial charge in [0.05, 0.1) is 23.0 Å².